The molecule has 0 saturated heterocycles. The highest BCUT2D eigenvalue weighted by atomic mass is 35.5. The van der Waals surface area contributed by atoms with Crippen molar-refractivity contribution in [3.8, 4) is 22.4 Å². The Labute approximate surface area is 183 Å². The number of aromatic amines is 1. The molecule has 0 bridgehead atoms. The number of aromatic nitrogens is 3. The van der Waals surface area contributed by atoms with Gasteiger partial charge in [-0.05, 0) is 36.2 Å². The molecule has 3 heterocycles. The van der Waals surface area contributed by atoms with Crippen LogP contribution >= 0.6 is 11.6 Å². The SMILES string of the molecule is C=CCc1c[nH]c2nc(-c3ccccc3)c(-c3cc(Cl)c4ncccc4c3)cc2c1=O. The van der Waals surface area contributed by atoms with Gasteiger partial charge in [-0.15, -0.1) is 6.58 Å². The lowest BCUT2D eigenvalue weighted by Crippen LogP contribution is -2.11. The van der Waals surface area contributed by atoms with Gasteiger partial charge in [0, 0.05) is 34.5 Å². The molecule has 5 heteroatoms. The van der Waals surface area contributed by atoms with Crippen molar-refractivity contribution in [2.75, 3.05) is 0 Å². The van der Waals surface area contributed by atoms with E-state index in [0.29, 0.717) is 28.0 Å². The van der Waals surface area contributed by atoms with Crippen molar-refractivity contribution >= 4 is 33.5 Å². The van der Waals surface area contributed by atoms with E-state index in [1.165, 1.54) is 0 Å². The zero-order valence-corrected chi connectivity index (χ0v) is 17.4. The van der Waals surface area contributed by atoms with Gasteiger partial charge in [-0.2, -0.15) is 0 Å². The van der Waals surface area contributed by atoms with Crippen molar-refractivity contribution in [3.63, 3.8) is 0 Å². The van der Waals surface area contributed by atoms with E-state index >= 15 is 0 Å². The van der Waals surface area contributed by atoms with Crippen LogP contribution in [0.3, 0.4) is 0 Å². The van der Waals surface area contributed by atoms with Crippen molar-refractivity contribution in [1.82, 2.24) is 15.0 Å². The van der Waals surface area contributed by atoms with Crippen LogP contribution in [-0.2, 0) is 6.42 Å². The molecule has 0 atom stereocenters. The van der Waals surface area contributed by atoms with Gasteiger partial charge in [-0.1, -0.05) is 54.1 Å². The second-order valence-electron chi connectivity index (χ2n) is 7.32. The van der Waals surface area contributed by atoms with E-state index in [0.717, 1.165) is 33.3 Å². The van der Waals surface area contributed by atoms with E-state index in [-0.39, 0.29) is 5.43 Å². The third-order valence-electron chi connectivity index (χ3n) is 5.32. The summed E-state index contributed by atoms with van der Waals surface area (Å²) >= 11 is 6.56. The number of benzene rings is 2. The molecule has 0 aliphatic heterocycles. The van der Waals surface area contributed by atoms with E-state index in [9.17, 15) is 4.79 Å². The van der Waals surface area contributed by atoms with Crippen LogP contribution in [-0.4, -0.2) is 15.0 Å². The third-order valence-corrected chi connectivity index (χ3v) is 5.61. The largest absolute Gasteiger partial charge is 0.346 e. The van der Waals surface area contributed by atoms with Gasteiger partial charge in [0.15, 0.2) is 5.43 Å². The molecular weight excluding hydrogens is 406 g/mol. The number of rotatable bonds is 4. The molecule has 1 N–H and O–H groups in total. The summed E-state index contributed by atoms with van der Waals surface area (Å²) in [5.74, 6) is 0. The molecule has 5 aromatic rings. The first kappa shape index (κ1) is 19.2. The Balaban J connectivity index is 1.85. The van der Waals surface area contributed by atoms with Gasteiger partial charge < -0.3 is 4.98 Å². The summed E-state index contributed by atoms with van der Waals surface area (Å²) in [6.07, 6.45) is 5.65. The highest BCUT2D eigenvalue weighted by Crippen LogP contribution is 2.36. The summed E-state index contributed by atoms with van der Waals surface area (Å²) in [7, 11) is 0. The summed E-state index contributed by atoms with van der Waals surface area (Å²) in [6.45, 7) is 3.75. The Morgan fingerprint density at radius 2 is 1.87 bits per heavy atom. The lowest BCUT2D eigenvalue weighted by molar-refractivity contribution is 1.18. The third kappa shape index (κ3) is 3.41. The topological polar surface area (TPSA) is 58.6 Å². The highest BCUT2D eigenvalue weighted by molar-refractivity contribution is 6.35. The Morgan fingerprint density at radius 1 is 1.03 bits per heavy atom. The fourth-order valence-electron chi connectivity index (χ4n) is 3.84. The van der Waals surface area contributed by atoms with Crippen molar-refractivity contribution in [3.05, 3.63) is 107 Å². The van der Waals surface area contributed by atoms with Gasteiger partial charge in [-0.3, -0.25) is 9.78 Å². The van der Waals surface area contributed by atoms with Crippen LogP contribution < -0.4 is 5.43 Å². The highest BCUT2D eigenvalue weighted by Gasteiger charge is 2.16. The minimum atomic E-state index is -0.0458. The van der Waals surface area contributed by atoms with Crippen LogP contribution in [0.1, 0.15) is 5.56 Å². The van der Waals surface area contributed by atoms with Gasteiger partial charge >= 0.3 is 0 Å². The number of nitrogens with zero attached hydrogens (tertiary/aromatic N) is 2. The summed E-state index contributed by atoms with van der Waals surface area (Å²) in [6, 6.07) is 19.6. The fourth-order valence-corrected chi connectivity index (χ4v) is 4.11. The molecule has 2 aromatic carbocycles. The van der Waals surface area contributed by atoms with Crippen LogP contribution in [0.15, 0.2) is 90.5 Å². The lowest BCUT2D eigenvalue weighted by Gasteiger charge is -2.13. The number of H-pyrrole nitrogens is 1. The maximum atomic E-state index is 13.1. The maximum absolute atomic E-state index is 13.1. The van der Waals surface area contributed by atoms with Crippen LogP contribution in [0.4, 0.5) is 0 Å². The quantitative estimate of drug-likeness (QED) is 0.351. The van der Waals surface area contributed by atoms with Crippen molar-refractivity contribution < 1.29 is 0 Å². The molecule has 31 heavy (non-hydrogen) atoms. The van der Waals surface area contributed by atoms with E-state index in [4.69, 9.17) is 16.6 Å². The monoisotopic (exact) mass is 423 g/mol. The molecule has 0 spiro atoms. The second kappa shape index (κ2) is 7.82. The minimum Gasteiger partial charge on any atom is -0.346 e. The zero-order valence-electron chi connectivity index (χ0n) is 16.6. The summed E-state index contributed by atoms with van der Waals surface area (Å²) in [5, 5.41) is 2.02. The Kier molecular flexibility index (Phi) is 4.85. The molecular formula is C26H18ClN3O. The van der Waals surface area contributed by atoms with Gasteiger partial charge in [-0.25, -0.2) is 4.98 Å². The molecule has 0 fully saturated rings. The summed E-state index contributed by atoms with van der Waals surface area (Å²) in [5.41, 5.74) is 5.36. The maximum Gasteiger partial charge on any atom is 0.194 e. The molecule has 0 amide bonds. The molecule has 4 nitrogen and oxygen atoms in total. The van der Waals surface area contributed by atoms with E-state index in [1.54, 1.807) is 18.5 Å². The fraction of sp³-hybridized carbons (Fsp3) is 0.0385. The lowest BCUT2D eigenvalue weighted by atomic mass is 9.96. The molecule has 5 rings (SSSR count). The standard InChI is InChI=1S/C26H18ClN3O/c1-2-7-18-15-29-26-21(25(18)31)14-20(23(30-26)16-8-4-3-5-9-16)19-12-17-10-6-11-28-24(17)22(27)13-19/h2-6,8-15H,1,7H2,(H,29,30,31). The molecule has 0 unspecified atom stereocenters. The molecule has 3 aromatic heterocycles. The number of pyridine rings is 3. The number of hydrogen-bond acceptors (Lipinski definition) is 3. The average molecular weight is 424 g/mol. The summed E-state index contributed by atoms with van der Waals surface area (Å²) in [4.78, 5) is 25.5. The average Bonchev–Trinajstić information content (AvgIpc) is 2.81. The summed E-state index contributed by atoms with van der Waals surface area (Å²) < 4.78 is 0. The minimum absolute atomic E-state index is 0.0458. The zero-order chi connectivity index (χ0) is 21.4. The number of allylic oxidation sites excluding steroid dienone is 1. The van der Waals surface area contributed by atoms with Crippen LogP contribution in [0, 0.1) is 0 Å². The predicted molar refractivity (Wildman–Crippen MR) is 127 cm³/mol. The van der Waals surface area contributed by atoms with E-state index < -0.39 is 0 Å². The molecule has 0 aliphatic rings. The Morgan fingerprint density at radius 3 is 2.68 bits per heavy atom. The smallest absolute Gasteiger partial charge is 0.194 e. The molecule has 0 saturated carbocycles. The second-order valence-corrected chi connectivity index (χ2v) is 7.72. The van der Waals surface area contributed by atoms with Crippen molar-refractivity contribution in [2.45, 2.75) is 6.42 Å². The van der Waals surface area contributed by atoms with Gasteiger partial charge in [0.25, 0.3) is 0 Å². The first-order chi connectivity index (χ1) is 15.2. The predicted octanol–water partition coefficient (Wildman–Crippen LogP) is 6.19. The molecule has 0 radical (unpaired) electrons. The van der Waals surface area contributed by atoms with Crippen molar-refractivity contribution in [2.24, 2.45) is 0 Å². The molecule has 150 valence electrons. The Hall–Kier alpha value is -3.76. The van der Waals surface area contributed by atoms with Crippen LogP contribution in [0.2, 0.25) is 5.02 Å². The number of fused-ring (bicyclic) bond motifs is 2. The van der Waals surface area contributed by atoms with E-state index in [1.807, 2.05) is 60.7 Å². The number of nitrogens with one attached hydrogen (secondary N) is 1. The number of halogens is 1. The van der Waals surface area contributed by atoms with Gasteiger partial charge in [0.2, 0.25) is 0 Å². The normalized spacial score (nSPS) is 11.1. The van der Waals surface area contributed by atoms with Crippen LogP contribution in [0.5, 0.6) is 0 Å². The number of hydrogen-bond donors (Lipinski definition) is 1. The first-order valence-electron chi connectivity index (χ1n) is 9.92. The van der Waals surface area contributed by atoms with Crippen LogP contribution in [0.25, 0.3) is 44.3 Å². The van der Waals surface area contributed by atoms with E-state index in [2.05, 4.69) is 16.5 Å². The van der Waals surface area contributed by atoms with Crippen molar-refractivity contribution in [1.29, 1.82) is 0 Å². The Bertz CT molecular complexity index is 1510. The van der Waals surface area contributed by atoms with Gasteiger partial charge in [0.1, 0.15) is 5.65 Å². The van der Waals surface area contributed by atoms with Gasteiger partial charge in [0.05, 0.1) is 21.6 Å². The molecule has 0 aliphatic carbocycles. The first-order valence-corrected chi connectivity index (χ1v) is 10.3.